The second-order valence-corrected chi connectivity index (χ2v) is 6.65. The molecule has 0 saturated carbocycles. The van der Waals surface area contributed by atoms with Gasteiger partial charge in [-0.25, -0.2) is 0 Å². The normalized spacial score (nSPS) is 10.9. The van der Waals surface area contributed by atoms with Crippen molar-refractivity contribution in [1.29, 1.82) is 0 Å². The number of carbonyl (C=O) groups excluding carboxylic acids is 1. The third kappa shape index (κ3) is 4.39. The van der Waals surface area contributed by atoms with Crippen LogP contribution in [0.4, 0.5) is 0 Å². The lowest BCUT2D eigenvalue weighted by Crippen LogP contribution is -2.31. The van der Waals surface area contributed by atoms with Crippen molar-refractivity contribution < 1.29 is 4.79 Å². The lowest BCUT2D eigenvalue weighted by Gasteiger charge is -2.17. The third-order valence-electron chi connectivity index (χ3n) is 4.45. The van der Waals surface area contributed by atoms with Crippen LogP contribution in [0.1, 0.15) is 23.5 Å². The maximum Gasteiger partial charge on any atom is 0.244 e. The van der Waals surface area contributed by atoms with E-state index >= 15 is 0 Å². The monoisotopic (exact) mass is 351 g/mol. The number of amides is 1. The van der Waals surface area contributed by atoms with E-state index in [1.54, 1.807) is 9.58 Å². The largest absolute Gasteiger partial charge is 0.344 e. The van der Waals surface area contributed by atoms with Crippen molar-refractivity contribution in [1.82, 2.24) is 24.9 Å². The lowest BCUT2D eigenvalue weighted by molar-refractivity contribution is -0.130. The molecule has 1 N–H and O–H groups in total. The van der Waals surface area contributed by atoms with Crippen molar-refractivity contribution in [2.24, 2.45) is 0 Å². The van der Waals surface area contributed by atoms with E-state index in [1.807, 2.05) is 57.3 Å². The van der Waals surface area contributed by atoms with Crippen molar-refractivity contribution >= 4 is 5.91 Å². The maximum absolute atomic E-state index is 12.4. The summed E-state index contributed by atoms with van der Waals surface area (Å²) < 4.78 is 1.76. The summed E-state index contributed by atoms with van der Waals surface area (Å²) in [6.07, 6.45) is 1.74. The van der Waals surface area contributed by atoms with Gasteiger partial charge in [0.25, 0.3) is 0 Å². The first kappa shape index (κ1) is 17.9. The SMILES string of the molecule is Cc1cc(C)n(CC(=O)N(C)CCCc2cc(-c3ccccc3)n[nH]2)n1. The molecule has 0 fully saturated rings. The van der Waals surface area contributed by atoms with Gasteiger partial charge in [-0.15, -0.1) is 0 Å². The van der Waals surface area contributed by atoms with Crippen molar-refractivity contribution in [2.45, 2.75) is 33.2 Å². The fourth-order valence-corrected chi connectivity index (χ4v) is 2.96. The van der Waals surface area contributed by atoms with Gasteiger partial charge in [0.1, 0.15) is 6.54 Å². The topological polar surface area (TPSA) is 66.8 Å². The van der Waals surface area contributed by atoms with Crippen LogP contribution in [-0.2, 0) is 17.8 Å². The molecular weight excluding hydrogens is 326 g/mol. The molecule has 136 valence electrons. The molecule has 1 amide bonds. The van der Waals surface area contributed by atoms with Gasteiger partial charge in [0.05, 0.1) is 11.4 Å². The number of nitrogens with one attached hydrogen (secondary N) is 1. The van der Waals surface area contributed by atoms with E-state index in [1.165, 1.54) is 0 Å². The number of aryl methyl sites for hydroxylation is 3. The zero-order valence-corrected chi connectivity index (χ0v) is 15.6. The Morgan fingerprint density at radius 3 is 2.65 bits per heavy atom. The summed E-state index contributed by atoms with van der Waals surface area (Å²) in [7, 11) is 1.84. The van der Waals surface area contributed by atoms with Crippen LogP contribution in [0.15, 0.2) is 42.5 Å². The van der Waals surface area contributed by atoms with Gasteiger partial charge < -0.3 is 4.90 Å². The molecule has 26 heavy (non-hydrogen) atoms. The molecule has 0 bridgehead atoms. The molecule has 0 aliphatic heterocycles. The molecule has 3 aromatic rings. The third-order valence-corrected chi connectivity index (χ3v) is 4.45. The van der Waals surface area contributed by atoms with Crippen LogP contribution in [0, 0.1) is 13.8 Å². The van der Waals surface area contributed by atoms with Gasteiger partial charge in [-0.3, -0.25) is 14.6 Å². The molecule has 0 atom stereocenters. The molecule has 0 unspecified atom stereocenters. The Balaban J connectivity index is 1.48. The molecule has 0 aliphatic carbocycles. The first-order valence-electron chi connectivity index (χ1n) is 8.87. The van der Waals surface area contributed by atoms with Crippen molar-refractivity contribution in [3.05, 3.63) is 59.5 Å². The molecule has 6 heteroatoms. The van der Waals surface area contributed by atoms with Crippen molar-refractivity contribution in [3.8, 4) is 11.3 Å². The number of nitrogens with zero attached hydrogens (tertiary/aromatic N) is 4. The van der Waals surface area contributed by atoms with Crippen LogP contribution in [0.25, 0.3) is 11.3 Å². The summed E-state index contributed by atoms with van der Waals surface area (Å²) in [4.78, 5) is 14.1. The van der Waals surface area contributed by atoms with Crippen molar-refractivity contribution in [2.75, 3.05) is 13.6 Å². The maximum atomic E-state index is 12.4. The van der Waals surface area contributed by atoms with E-state index in [0.29, 0.717) is 13.1 Å². The van der Waals surface area contributed by atoms with E-state index in [2.05, 4.69) is 21.4 Å². The zero-order valence-electron chi connectivity index (χ0n) is 15.6. The zero-order chi connectivity index (χ0) is 18.5. The van der Waals surface area contributed by atoms with Gasteiger partial charge in [0.2, 0.25) is 5.91 Å². The second kappa shape index (κ2) is 7.99. The van der Waals surface area contributed by atoms with E-state index in [4.69, 9.17) is 0 Å². The second-order valence-electron chi connectivity index (χ2n) is 6.65. The number of aromatic nitrogens is 4. The predicted molar refractivity (Wildman–Crippen MR) is 102 cm³/mol. The highest BCUT2D eigenvalue weighted by atomic mass is 16.2. The Hall–Kier alpha value is -2.89. The Bertz CT molecular complexity index is 865. The first-order valence-corrected chi connectivity index (χ1v) is 8.87. The van der Waals surface area contributed by atoms with E-state index < -0.39 is 0 Å². The number of rotatable bonds is 7. The molecule has 6 nitrogen and oxygen atoms in total. The van der Waals surface area contributed by atoms with Gasteiger partial charge in [-0.05, 0) is 38.8 Å². The molecule has 2 heterocycles. The van der Waals surface area contributed by atoms with Gasteiger partial charge in [-0.2, -0.15) is 10.2 Å². The summed E-state index contributed by atoms with van der Waals surface area (Å²) in [5.74, 6) is 0.0748. The van der Waals surface area contributed by atoms with Gasteiger partial charge in [0.15, 0.2) is 0 Å². The molecular formula is C20H25N5O. The minimum absolute atomic E-state index is 0.0748. The Labute approximate surface area is 153 Å². The van der Waals surface area contributed by atoms with Crippen LogP contribution in [0.5, 0.6) is 0 Å². The smallest absolute Gasteiger partial charge is 0.244 e. The molecule has 2 aromatic heterocycles. The average molecular weight is 351 g/mol. The van der Waals surface area contributed by atoms with Crippen LogP contribution in [0.2, 0.25) is 0 Å². The molecule has 0 radical (unpaired) electrons. The highest BCUT2D eigenvalue weighted by Crippen LogP contribution is 2.17. The number of carbonyl (C=O) groups is 1. The van der Waals surface area contributed by atoms with Crippen molar-refractivity contribution in [3.63, 3.8) is 0 Å². The number of benzene rings is 1. The summed E-state index contributed by atoms with van der Waals surface area (Å²) >= 11 is 0. The quantitative estimate of drug-likeness (QED) is 0.711. The summed E-state index contributed by atoms with van der Waals surface area (Å²) in [5, 5.41) is 11.8. The molecule has 0 saturated heterocycles. The first-order chi connectivity index (χ1) is 12.5. The van der Waals surface area contributed by atoms with Gasteiger partial charge in [0, 0.05) is 30.5 Å². The number of aromatic amines is 1. The minimum Gasteiger partial charge on any atom is -0.344 e. The van der Waals surface area contributed by atoms with Crippen LogP contribution < -0.4 is 0 Å². The van der Waals surface area contributed by atoms with E-state index in [-0.39, 0.29) is 5.91 Å². The fourth-order valence-electron chi connectivity index (χ4n) is 2.96. The van der Waals surface area contributed by atoms with Gasteiger partial charge >= 0.3 is 0 Å². The number of hydrogen-bond donors (Lipinski definition) is 1. The molecule has 3 rings (SSSR count). The standard InChI is InChI=1S/C20H25N5O/c1-15-12-16(2)25(23-15)14-20(26)24(3)11-7-10-18-13-19(22-21-18)17-8-5-4-6-9-17/h4-6,8-9,12-13H,7,10-11,14H2,1-3H3,(H,21,22). The van der Waals surface area contributed by atoms with Crippen LogP contribution >= 0.6 is 0 Å². The Morgan fingerprint density at radius 2 is 1.96 bits per heavy atom. The molecule has 0 aliphatic rings. The van der Waals surface area contributed by atoms with E-state index in [9.17, 15) is 4.79 Å². The minimum atomic E-state index is 0.0748. The highest BCUT2D eigenvalue weighted by molar-refractivity contribution is 5.75. The summed E-state index contributed by atoms with van der Waals surface area (Å²) in [6.45, 7) is 4.90. The lowest BCUT2D eigenvalue weighted by atomic mass is 10.1. The number of likely N-dealkylation sites (N-methyl/N-ethyl adjacent to an activating group) is 1. The molecule has 0 spiro atoms. The summed E-state index contributed by atoms with van der Waals surface area (Å²) in [5.41, 5.74) is 5.09. The Kier molecular flexibility index (Phi) is 5.51. The molecule has 1 aromatic carbocycles. The summed E-state index contributed by atoms with van der Waals surface area (Å²) in [6, 6.07) is 14.2. The average Bonchev–Trinajstić information content (AvgIpc) is 3.22. The highest BCUT2D eigenvalue weighted by Gasteiger charge is 2.12. The Morgan fingerprint density at radius 1 is 1.19 bits per heavy atom. The fraction of sp³-hybridized carbons (Fsp3) is 0.350. The number of H-pyrrole nitrogens is 1. The van der Waals surface area contributed by atoms with Crippen LogP contribution in [-0.4, -0.2) is 44.4 Å². The number of hydrogen-bond acceptors (Lipinski definition) is 3. The van der Waals surface area contributed by atoms with E-state index in [0.717, 1.165) is 41.2 Å². The predicted octanol–water partition coefficient (Wildman–Crippen LogP) is 2.98. The van der Waals surface area contributed by atoms with Gasteiger partial charge in [-0.1, -0.05) is 30.3 Å². The van der Waals surface area contributed by atoms with Crippen LogP contribution in [0.3, 0.4) is 0 Å².